The molecule has 102 valence electrons. The van der Waals surface area contributed by atoms with E-state index in [1.165, 1.54) is 0 Å². The van der Waals surface area contributed by atoms with Gasteiger partial charge >= 0.3 is 137 Å². The molecule has 2 aromatic rings. The third-order valence-electron chi connectivity index (χ3n) is 3.68. The zero-order valence-corrected chi connectivity index (χ0v) is 21.4. The van der Waals surface area contributed by atoms with E-state index in [4.69, 9.17) is 0 Å². The first-order valence-electron chi connectivity index (χ1n) is 6.93. The average molecular weight is 520 g/mol. The van der Waals surface area contributed by atoms with Crippen molar-refractivity contribution >= 4 is 85.1 Å². The van der Waals surface area contributed by atoms with Crippen LogP contribution >= 0.6 is 22.7 Å². The van der Waals surface area contributed by atoms with Gasteiger partial charge in [0.25, 0.3) is 0 Å². The van der Waals surface area contributed by atoms with Crippen LogP contribution in [0, 0.1) is 0 Å². The Morgan fingerprint density at radius 1 is 0.737 bits per heavy atom. The SMILES string of the molecule is [CH3][Sn]([CH3])([CH3])[c]1cc2c(s1)-c1s[c]([Sn]([CH3])([CH3])[CH3])cc1[SiH2]2. The molecule has 19 heavy (non-hydrogen) atoms. The van der Waals surface area contributed by atoms with Crippen molar-refractivity contribution in [1.82, 2.24) is 0 Å². The van der Waals surface area contributed by atoms with Crippen LogP contribution in [0.3, 0.4) is 0 Å². The van der Waals surface area contributed by atoms with Gasteiger partial charge in [-0.15, -0.1) is 0 Å². The van der Waals surface area contributed by atoms with Gasteiger partial charge in [-0.1, -0.05) is 0 Å². The number of hydrogen-bond acceptors (Lipinski definition) is 2. The summed E-state index contributed by atoms with van der Waals surface area (Å²) in [6.07, 6.45) is 0. The number of fused-ring (bicyclic) bond motifs is 3. The van der Waals surface area contributed by atoms with Gasteiger partial charge in [-0.2, -0.15) is 0 Å². The van der Waals surface area contributed by atoms with Gasteiger partial charge in [0.1, 0.15) is 0 Å². The van der Waals surface area contributed by atoms with Gasteiger partial charge in [0.15, 0.2) is 0 Å². The molecule has 0 amide bonds. The monoisotopic (exact) mass is 522 g/mol. The Balaban J connectivity index is 2.07. The van der Waals surface area contributed by atoms with E-state index in [0.29, 0.717) is 0 Å². The molecule has 1 aliphatic rings. The van der Waals surface area contributed by atoms with E-state index in [0.717, 1.165) is 0 Å². The summed E-state index contributed by atoms with van der Waals surface area (Å²) in [5, 5.41) is 3.53. The average Bonchev–Trinajstić information content (AvgIpc) is 2.81. The quantitative estimate of drug-likeness (QED) is 0.455. The van der Waals surface area contributed by atoms with E-state index in [1.54, 1.807) is 25.9 Å². The van der Waals surface area contributed by atoms with Crippen molar-refractivity contribution in [3.8, 4) is 9.75 Å². The summed E-state index contributed by atoms with van der Waals surface area (Å²) in [6.45, 7) is 0. The fraction of sp³-hybridized carbons (Fsp3) is 0.429. The van der Waals surface area contributed by atoms with Crippen LogP contribution in [-0.4, -0.2) is 46.3 Å². The van der Waals surface area contributed by atoms with E-state index in [1.807, 2.05) is 0 Å². The summed E-state index contributed by atoms with van der Waals surface area (Å²) < 4.78 is 3.57. The second-order valence-corrected chi connectivity index (χ2v) is 42.4. The summed E-state index contributed by atoms with van der Waals surface area (Å²) >= 11 is 0.612. The molecule has 0 saturated heterocycles. The van der Waals surface area contributed by atoms with Crippen molar-refractivity contribution < 1.29 is 0 Å². The molecule has 0 saturated carbocycles. The van der Waals surface area contributed by atoms with Crippen molar-refractivity contribution in [2.45, 2.75) is 29.6 Å². The fourth-order valence-corrected chi connectivity index (χ4v) is 19.7. The van der Waals surface area contributed by atoms with E-state index in [9.17, 15) is 0 Å². The zero-order valence-electron chi connectivity index (χ0n) is 12.7. The van der Waals surface area contributed by atoms with E-state index in [2.05, 4.69) is 64.4 Å². The predicted molar refractivity (Wildman–Crippen MR) is 101 cm³/mol. The first kappa shape index (κ1) is 15.1. The van der Waals surface area contributed by atoms with Gasteiger partial charge < -0.3 is 0 Å². The Morgan fingerprint density at radius 2 is 1.11 bits per heavy atom. The molecule has 0 N–H and O–H groups in total. The van der Waals surface area contributed by atoms with Crippen LogP contribution in [-0.2, 0) is 0 Å². The third kappa shape index (κ3) is 2.79. The third-order valence-corrected chi connectivity index (χ3v) is 27.4. The first-order valence-corrected chi connectivity index (χ1v) is 30.0. The maximum atomic E-state index is 2.61. The Kier molecular flexibility index (Phi) is 3.87. The van der Waals surface area contributed by atoms with Crippen molar-refractivity contribution in [3.63, 3.8) is 0 Å². The molecule has 3 heterocycles. The molecular weight excluding hydrogens is 498 g/mol. The second-order valence-electron chi connectivity index (χ2n) is 7.61. The van der Waals surface area contributed by atoms with Crippen LogP contribution in [0.15, 0.2) is 12.1 Å². The number of rotatable bonds is 2. The van der Waals surface area contributed by atoms with Gasteiger partial charge in [0, 0.05) is 0 Å². The number of thiophene rings is 2. The minimum atomic E-state index is -1.85. The van der Waals surface area contributed by atoms with Gasteiger partial charge in [-0.05, 0) is 0 Å². The Morgan fingerprint density at radius 3 is 1.42 bits per heavy atom. The van der Waals surface area contributed by atoms with Crippen LogP contribution in [0.5, 0.6) is 0 Å². The Hall–Kier alpha value is 1.21. The second kappa shape index (κ2) is 4.86. The van der Waals surface area contributed by atoms with E-state index < -0.39 is 36.8 Å². The molecule has 0 aromatic carbocycles. The molecule has 0 aliphatic carbocycles. The number of hydrogen-bond donors (Lipinski definition) is 0. The molecule has 0 radical (unpaired) electrons. The van der Waals surface area contributed by atoms with Crippen LogP contribution in [0.2, 0.25) is 29.6 Å². The van der Waals surface area contributed by atoms with E-state index in [-0.39, 0.29) is 9.52 Å². The van der Waals surface area contributed by atoms with Crippen LogP contribution in [0.1, 0.15) is 0 Å². The zero-order chi connectivity index (χ0) is 14.0. The first-order chi connectivity index (χ1) is 8.66. The molecule has 1 aliphatic heterocycles. The van der Waals surface area contributed by atoms with Crippen molar-refractivity contribution in [1.29, 1.82) is 0 Å². The molecular formula is C14H22S2SiSn2. The molecule has 0 fully saturated rings. The van der Waals surface area contributed by atoms with Crippen molar-refractivity contribution in [2.24, 2.45) is 0 Å². The Bertz CT molecular complexity index is 585. The van der Waals surface area contributed by atoms with Crippen LogP contribution in [0.25, 0.3) is 9.75 Å². The minimum absolute atomic E-state index is 0.146. The molecule has 0 bridgehead atoms. The molecule has 0 nitrogen and oxygen atoms in total. The summed E-state index contributed by atoms with van der Waals surface area (Å²) in [5.41, 5.74) is 0. The van der Waals surface area contributed by atoms with Crippen LogP contribution < -0.4 is 16.2 Å². The molecule has 3 rings (SSSR count). The summed E-state index contributed by atoms with van der Waals surface area (Å²) in [6, 6.07) is 5.21. The fourth-order valence-electron chi connectivity index (χ4n) is 2.45. The normalized spacial score (nSPS) is 14.6. The predicted octanol–water partition coefficient (Wildman–Crippen LogP) is 2.00. The summed E-state index contributed by atoms with van der Waals surface area (Å²) in [4.78, 5) is 18.7. The molecule has 5 heteroatoms. The van der Waals surface area contributed by atoms with Gasteiger partial charge in [0.2, 0.25) is 0 Å². The van der Waals surface area contributed by atoms with Crippen molar-refractivity contribution in [3.05, 3.63) is 12.1 Å². The van der Waals surface area contributed by atoms with Crippen LogP contribution in [0.4, 0.5) is 0 Å². The van der Waals surface area contributed by atoms with Gasteiger partial charge in [-0.3, -0.25) is 0 Å². The topological polar surface area (TPSA) is 0 Å². The molecule has 0 spiro atoms. The molecule has 0 atom stereocenters. The van der Waals surface area contributed by atoms with Gasteiger partial charge in [0.05, 0.1) is 0 Å². The molecule has 0 unspecified atom stereocenters. The van der Waals surface area contributed by atoms with E-state index >= 15 is 0 Å². The van der Waals surface area contributed by atoms with Crippen molar-refractivity contribution in [2.75, 3.05) is 0 Å². The molecule has 2 aromatic heterocycles. The summed E-state index contributed by atoms with van der Waals surface area (Å²) in [7, 11) is -0.146. The Labute approximate surface area is 135 Å². The standard InChI is InChI=1S/C8H4S2Si.6CH3.2Sn/c1-3-9-7-5(1)11-6-2-4-10-8(6)7;;;;;;;;/h1-2H,11H2;6*1H3;;. The summed E-state index contributed by atoms with van der Waals surface area (Å²) in [5.74, 6) is 0. The maximum absolute atomic E-state index is 2.61. The van der Waals surface area contributed by atoms with Gasteiger partial charge in [-0.25, -0.2) is 0 Å².